The molecule has 9 nitrogen and oxygen atoms in total. The van der Waals surface area contributed by atoms with Gasteiger partial charge in [-0.1, -0.05) is 38.4 Å². The van der Waals surface area contributed by atoms with Crippen LogP contribution in [0.1, 0.15) is 61.1 Å². The molecule has 0 spiro atoms. The van der Waals surface area contributed by atoms with Crippen LogP contribution in [0, 0.1) is 5.82 Å². The number of fused-ring (bicyclic) bond motifs is 1. The molecule has 1 aliphatic rings. The summed E-state index contributed by atoms with van der Waals surface area (Å²) in [5.74, 6) is -1.31. The van der Waals surface area contributed by atoms with Crippen molar-refractivity contribution in [1.29, 1.82) is 0 Å². The second-order valence-electron chi connectivity index (χ2n) is 11.9. The first-order valence-corrected chi connectivity index (χ1v) is 13.5. The van der Waals surface area contributed by atoms with Gasteiger partial charge in [0.2, 0.25) is 0 Å². The van der Waals surface area contributed by atoms with Gasteiger partial charge in [0.15, 0.2) is 11.3 Å². The van der Waals surface area contributed by atoms with Crippen molar-refractivity contribution < 1.29 is 23.5 Å². The summed E-state index contributed by atoms with van der Waals surface area (Å²) >= 11 is 5.88. The van der Waals surface area contributed by atoms with E-state index >= 15 is 0 Å². The van der Waals surface area contributed by atoms with Gasteiger partial charge >= 0.3 is 5.97 Å². The Hall–Kier alpha value is -4.18. The number of carboxylic acids is 1. The van der Waals surface area contributed by atoms with Crippen molar-refractivity contribution in [3.63, 3.8) is 0 Å². The topological polar surface area (TPSA) is 126 Å². The number of anilines is 2. The lowest BCUT2D eigenvalue weighted by Crippen LogP contribution is -2.61. The van der Waals surface area contributed by atoms with Crippen LogP contribution in [0.15, 0.2) is 46.9 Å². The summed E-state index contributed by atoms with van der Waals surface area (Å²) in [6.07, 6.45) is 0. The van der Waals surface area contributed by atoms with Gasteiger partial charge < -0.3 is 25.1 Å². The molecule has 0 aliphatic carbocycles. The van der Waals surface area contributed by atoms with Gasteiger partial charge in [-0.2, -0.15) is 0 Å². The summed E-state index contributed by atoms with van der Waals surface area (Å²) < 4.78 is 20.4. The molecule has 3 N–H and O–H groups in total. The van der Waals surface area contributed by atoms with E-state index in [9.17, 15) is 19.1 Å². The van der Waals surface area contributed by atoms with Gasteiger partial charge in [-0.15, -0.1) is 0 Å². The van der Waals surface area contributed by atoms with Crippen molar-refractivity contribution in [3.05, 3.63) is 70.2 Å². The Labute approximate surface area is 241 Å². The summed E-state index contributed by atoms with van der Waals surface area (Å²) in [4.78, 5) is 37.8. The third-order valence-corrected chi connectivity index (χ3v) is 7.63. The molecule has 1 aromatic carbocycles. The molecule has 1 amide bonds. The first-order valence-electron chi connectivity index (χ1n) is 13.1. The second kappa shape index (κ2) is 10.0. The minimum Gasteiger partial charge on any atom is -0.478 e. The maximum atomic E-state index is 14.2. The van der Waals surface area contributed by atoms with Crippen LogP contribution in [0.2, 0.25) is 5.02 Å². The number of carbonyl (C=O) groups is 2. The molecule has 0 bridgehead atoms. The molecule has 4 aromatic rings. The van der Waals surface area contributed by atoms with Gasteiger partial charge in [0, 0.05) is 36.8 Å². The molecule has 0 atom stereocenters. The van der Waals surface area contributed by atoms with Gasteiger partial charge in [-0.3, -0.25) is 4.79 Å². The number of halogens is 2. The highest BCUT2D eigenvalue weighted by molar-refractivity contribution is 6.30. The number of rotatable bonds is 4. The van der Waals surface area contributed by atoms with Gasteiger partial charge in [0.25, 0.3) is 5.91 Å². The molecule has 1 fully saturated rings. The number of amides is 1. The fraction of sp³-hybridized carbons (Fsp3) is 0.333. The number of aromatic carboxylic acids is 1. The van der Waals surface area contributed by atoms with Gasteiger partial charge in [0.05, 0.1) is 16.3 Å². The number of nitrogen functional groups attached to an aromatic ring is 1. The third-order valence-electron chi connectivity index (χ3n) is 7.32. The average molecular weight is 580 g/mol. The number of benzene rings is 1. The highest BCUT2D eigenvalue weighted by Crippen LogP contribution is 2.36. The zero-order valence-electron chi connectivity index (χ0n) is 23.5. The van der Waals surface area contributed by atoms with Crippen molar-refractivity contribution in [1.82, 2.24) is 14.9 Å². The molecule has 1 saturated heterocycles. The Morgan fingerprint density at radius 1 is 1.10 bits per heavy atom. The molecule has 5 rings (SSSR count). The number of hydrogen-bond donors (Lipinski definition) is 2. The lowest BCUT2D eigenvalue weighted by molar-refractivity contribution is 0.0483. The molecule has 0 saturated carbocycles. The smallest absolute Gasteiger partial charge is 0.339 e. The quantitative estimate of drug-likeness (QED) is 0.301. The number of pyridine rings is 2. The van der Waals surface area contributed by atoms with Gasteiger partial charge in [-0.25, -0.2) is 19.2 Å². The standard InChI is InChI=1S/C30H31ClFN5O4/c1-29(2,3)18-13-21(16-6-8-19(31)20(32)12-16)34-22-14-23(41-25(18)22)27(38)37-11-10-36(15-30(37,4)5)24-9-7-17(28(39)40)26(33)35-24/h6-9,12-14H,10-11,15H2,1-5H3,(H2,33,35)(H,39,40). The molecular formula is C30H31ClFN5O4. The van der Waals surface area contributed by atoms with Crippen LogP contribution >= 0.6 is 11.6 Å². The number of carbonyl (C=O) groups excluding carboxylic acids is 1. The van der Waals surface area contributed by atoms with E-state index in [0.29, 0.717) is 47.8 Å². The summed E-state index contributed by atoms with van der Waals surface area (Å²) in [7, 11) is 0. The zero-order valence-corrected chi connectivity index (χ0v) is 24.2. The number of carboxylic acid groups (broad SMARTS) is 1. The van der Waals surface area contributed by atoms with Crippen LogP contribution in [0.5, 0.6) is 0 Å². The Balaban J connectivity index is 1.46. The van der Waals surface area contributed by atoms with Crippen molar-refractivity contribution >= 4 is 46.2 Å². The predicted octanol–water partition coefficient (Wildman–Crippen LogP) is 6.00. The molecule has 214 valence electrons. The first kappa shape index (κ1) is 28.4. The minimum atomic E-state index is -1.14. The zero-order chi connectivity index (χ0) is 29.9. The fourth-order valence-corrected chi connectivity index (χ4v) is 5.29. The molecule has 4 heterocycles. The molecular weight excluding hydrogens is 549 g/mol. The van der Waals surface area contributed by atoms with Crippen molar-refractivity contribution in [2.45, 2.75) is 45.6 Å². The second-order valence-corrected chi connectivity index (χ2v) is 12.3. The van der Waals surface area contributed by atoms with E-state index in [1.54, 1.807) is 23.1 Å². The Bertz CT molecular complexity index is 1690. The normalized spacial score (nSPS) is 15.4. The van der Waals surface area contributed by atoms with Crippen LogP contribution in [0.25, 0.3) is 22.4 Å². The summed E-state index contributed by atoms with van der Waals surface area (Å²) in [6, 6.07) is 11.1. The number of nitrogens with two attached hydrogens (primary N) is 1. The maximum Gasteiger partial charge on any atom is 0.339 e. The SMILES string of the molecule is CC(C)(C)c1cc(-c2ccc(Cl)c(F)c2)nc2cc(C(=O)N3CCN(c4ccc(C(=O)O)c(N)n4)CC3(C)C)oc12. The largest absolute Gasteiger partial charge is 0.478 e. The van der Waals surface area contributed by atoms with Crippen LogP contribution in [-0.2, 0) is 5.41 Å². The van der Waals surface area contributed by atoms with Crippen molar-refractivity contribution in [3.8, 4) is 11.3 Å². The minimum absolute atomic E-state index is 0.0290. The van der Waals surface area contributed by atoms with Crippen LogP contribution in [0.3, 0.4) is 0 Å². The molecule has 1 aliphatic heterocycles. The number of furan rings is 1. The van der Waals surface area contributed by atoms with Crippen LogP contribution in [-0.4, -0.2) is 57.0 Å². The number of hydrogen-bond acceptors (Lipinski definition) is 7. The highest BCUT2D eigenvalue weighted by Gasteiger charge is 2.39. The monoisotopic (exact) mass is 579 g/mol. The lowest BCUT2D eigenvalue weighted by Gasteiger charge is -2.47. The Morgan fingerprint density at radius 3 is 2.44 bits per heavy atom. The van der Waals surface area contributed by atoms with E-state index in [2.05, 4.69) is 4.98 Å². The van der Waals surface area contributed by atoms with E-state index < -0.39 is 17.3 Å². The molecule has 3 aromatic heterocycles. The molecule has 11 heteroatoms. The van der Waals surface area contributed by atoms with Gasteiger partial charge in [0.1, 0.15) is 28.5 Å². The first-order chi connectivity index (χ1) is 19.2. The lowest BCUT2D eigenvalue weighted by atomic mass is 9.86. The average Bonchev–Trinajstić information content (AvgIpc) is 3.32. The Morgan fingerprint density at radius 2 is 1.83 bits per heavy atom. The molecule has 41 heavy (non-hydrogen) atoms. The van der Waals surface area contributed by atoms with Crippen LogP contribution in [0.4, 0.5) is 16.0 Å². The number of aromatic nitrogens is 2. The van der Waals surface area contributed by atoms with E-state index in [4.69, 9.17) is 26.7 Å². The summed E-state index contributed by atoms with van der Waals surface area (Å²) in [5.41, 5.74) is 7.79. The van der Waals surface area contributed by atoms with Crippen molar-refractivity contribution in [2.75, 3.05) is 30.3 Å². The molecule has 0 unspecified atom stereocenters. The van der Waals surface area contributed by atoms with E-state index in [-0.39, 0.29) is 33.5 Å². The number of nitrogens with zero attached hydrogens (tertiary/aromatic N) is 4. The van der Waals surface area contributed by atoms with Crippen molar-refractivity contribution in [2.24, 2.45) is 0 Å². The predicted molar refractivity (Wildman–Crippen MR) is 156 cm³/mol. The van der Waals surface area contributed by atoms with E-state index in [0.717, 1.165) is 5.56 Å². The fourth-order valence-electron chi connectivity index (χ4n) is 5.17. The maximum absolute atomic E-state index is 14.2. The van der Waals surface area contributed by atoms with E-state index in [1.165, 1.54) is 18.2 Å². The Kier molecular flexibility index (Phi) is 6.93. The summed E-state index contributed by atoms with van der Waals surface area (Å²) in [5, 5.41) is 9.28. The number of piperazine rings is 1. The highest BCUT2D eigenvalue weighted by atomic mass is 35.5. The van der Waals surface area contributed by atoms with Gasteiger partial charge in [-0.05, 0) is 49.6 Å². The molecule has 0 radical (unpaired) electrons. The van der Waals surface area contributed by atoms with Crippen LogP contribution < -0.4 is 10.6 Å². The third kappa shape index (κ3) is 5.31. The van der Waals surface area contributed by atoms with E-state index in [1.807, 2.05) is 45.6 Å². The summed E-state index contributed by atoms with van der Waals surface area (Å²) in [6.45, 7) is 11.3.